The summed E-state index contributed by atoms with van der Waals surface area (Å²) in [4.78, 5) is 25.0. The van der Waals surface area contributed by atoms with Crippen LogP contribution in [0, 0.1) is 0 Å². The number of hydrogen-bond acceptors (Lipinski definition) is 5. The number of methoxy groups -OCH3 is 1. The third-order valence-corrected chi connectivity index (χ3v) is 3.91. The molecule has 136 valence electrons. The summed E-state index contributed by atoms with van der Waals surface area (Å²) in [7, 11) is 1.55. The lowest BCUT2D eigenvalue weighted by Gasteiger charge is -2.10. The maximum absolute atomic E-state index is 12.5. The number of esters is 2. The molecule has 27 heavy (non-hydrogen) atoms. The van der Waals surface area contributed by atoms with Gasteiger partial charge in [-0.3, -0.25) is 0 Å². The Balaban J connectivity index is 1.78. The average Bonchev–Trinajstić information content (AvgIpc) is 2.70. The average molecular weight is 383 g/mol. The highest BCUT2D eigenvalue weighted by Crippen LogP contribution is 2.21. The Morgan fingerprint density at radius 3 is 1.52 bits per heavy atom. The minimum Gasteiger partial charge on any atom is -0.497 e. The Hall–Kier alpha value is -3.31. The monoisotopic (exact) mass is 382 g/mol. The Morgan fingerprint density at radius 2 is 1.07 bits per heavy atom. The van der Waals surface area contributed by atoms with E-state index in [-0.39, 0.29) is 11.1 Å². The smallest absolute Gasteiger partial charge is 0.344 e. The molecule has 0 amide bonds. The number of carbonyl (C=O) groups is 2. The van der Waals surface area contributed by atoms with Crippen molar-refractivity contribution in [1.29, 1.82) is 0 Å². The van der Waals surface area contributed by atoms with Crippen LogP contribution in [0.15, 0.2) is 72.8 Å². The van der Waals surface area contributed by atoms with E-state index in [1.54, 1.807) is 67.8 Å². The summed E-state index contributed by atoms with van der Waals surface area (Å²) in [6, 6.07) is 19.2. The molecule has 0 aliphatic carbocycles. The first kappa shape index (κ1) is 18.5. The molecule has 0 aromatic heterocycles. The zero-order valence-electron chi connectivity index (χ0n) is 14.3. The molecule has 0 unspecified atom stereocenters. The van der Waals surface area contributed by atoms with Gasteiger partial charge in [0.2, 0.25) is 0 Å². The van der Waals surface area contributed by atoms with E-state index in [1.165, 1.54) is 12.1 Å². The predicted molar refractivity (Wildman–Crippen MR) is 101 cm³/mol. The molecule has 0 saturated heterocycles. The fraction of sp³-hybridized carbons (Fsp3) is 0.0476. The van der Waals surface area contributed by atoms with Gasteiger partial charge in [0.15, 0.2) is 0 Å². The number of benzene rings is 3. The first-order valence-electron chi connectivity index (χ1n) is 8.00. The molecule has 0 spiro atoms. The van der Waals surface area contributed by atoms with Crippen molar-refractivity contribution in [2.24, 2.45) is 0 Å². The number of halogens is 1. The second-order valence-corrected chi connectivity index (χ2v) is 5.89. The molecule has 0 radical (unpaired) electrons. The van der Waals surface area contributed by atoms with Gasteiger partial charge < -0.3 is 14.2 Å². The van der Waals surface area contributed by atoms with Crippen LogP contribution in [-0.4, -0.2) is 19.0 Å². The first-order valence-corrected chi connectivity index (χ1v) is 8.37. The van der Waals surface area contributed by atoms with Crippen molar-refractivity contribution >= 4 is 23.5 Å². The van der Waals surface area contributed by atoms with Gasteiger partial charge in [0, 0.05) is 5.02 Å². The van der Waals surface area contributed by atoms with Gasteiger partial charge in [0.25, 0.3) is 0 Å². The fourth-order valence-electron chi connectivity index (χ4n) is 2.31. The molecular formula is C21H15ClO5. The van der Waals surface area contributed by atoms with E-state index >= 15 is 0 Å². The topological polar surface area (TPSA) is 61.8 Å². The third-order valence-electron chi connectivity index (χ3n) is 3.66. The van der Waals surface area contributed by atoms with Crippen LogP contribution in [-0.2, 0) is 0 Å². The zero-order chi connectivity index (χ0) is 19.2. The lowest BCUT2D eigenvalue weighted by molar-refractivity contribution is 0.0692. The van der Waals surface area contributed by atoms with Crippen LogP contribution in [0.4, 0.5) is 0 Å². The van der Waals surface area contributed by atoms with Gasteiger partial charge in [-0.15, -0.1) is 0 Å². The van der Waals surface area contributed by atoms with Gasteiger partial charge in [-0.2, -0.15) is 0 Å². The van der Waals surface area contributed by atoms with E-state index in [0.717, 1.165) is 0 Å². The van der Waals surface area contributed by atoms with Crippen molar-refractivity contribution in [3.63, 3.8) is 0 Å². The maximum atomic E-state index is 12.5. The Labute approximate surface area is 161 Å². The highest BCUT2D eigenvalue weighted by Gasteiger charge is 2.20. The summed E-state index contributed by atoms with van der Waals surface area (Å²) in [5.74, 6) is -0.0328. The van der Waals surface area contributed by atoms with Crippen LogP contribution in [0.2, 0.25) is 5.02 Å². The Morgan fingerprint density at radius 1 is 0.667 bits per heavy atom. The van der Waals surface area contributed by atoms with Gasteiger partial charge in [-0.25, -0.2) is 9.59 Å². The summed E-state index contributed by atoms with van der Waals surface area (Å²) in [5, 5.41) is 0.526. The summed E-state index contributed by atoms with van der Waals surface area (Å²) >= 11 is 5.82. The van der Waals surface area contributed by atoms with Gasteiger partial charge in [-0.1, -0.05) is 23.7 Å². The second-order valence-electron chi connectivity index (χ2n) is 5.45. The van der Waals surface area contributed by atoms with E-state index in [9.17, 15) is 9.59 Å². The summed E-state index contributed by atoms with van der Waals surface area (Å²) < 4.78 is 15.7. The van der Waals surface area contributed by atoms with Crippen LogP contribution in [0.3, 0.4) is 0 Å². The van der Waals surface area contributed by atoms with Gasteiger partial charge in [-0.05, 0) is 60.7 Å². The van der Waals surface area contributed by atoms with E-state index in [1.807, 2.05) is 0 Å². The van der Waals surface area contributed by atoms with E-state index in [0.29, 0.717) is 22.3 Å². The molecule has 3 rings (SSSR count). The van der Waals surface area contributed by atoms with E-state index in [4.69, 9.17) is 25.8 Å². The lowest BCUT2D eigenvalue weighted by atomic mass is 10.1. The first-order chi connectivity index (χ1) is 13.1. The molecule has 0 heterocycles. The van der Waals surface area contributed by atoms with Crippen molar-refractivity contribution in [2.75, 3.05) is 7.11 Å². The van der Waals surface area contributed by atoms with E-state index < -0.39 is 11.9 Å². The maximum Gasteiger partial charge on any atom is 0.344 e. The Kier molecular flexibility index (Phi) is 5.74. The highest BCUT2D eigenvalue weighted by molar-refractivity contribution is 6.30. The van der Waals surface area contributed by atoms with Gasteiger partial charge in [0.05, 0.1) is 18.2 Å². The van der Waals surface area contributed by atoms with Gasteiger partial charge in [0.1, 0.15) is 17.2 Å². The molecule has 0 aliphatic heterocycles. The molecule has 0 fully saturated rings. The van der Waals surface area contributed by atoms with E-state index in [2.05, 4.69) is 0 Å². The lowest BCUT2D eigenvalue weighted by Crippen LogP contribution is -2.17. The molecule has 3 aromatic rings. The van der Waals surface area contributed by atoms with Crippen LogP contribution in [0.25, 0.3) is 0 Å². The molecule has 0 N–H and O–H groups in total. The molecule has 0 atom stereocenters. The summed E-state index contributed by atoms with van der Waals surface area (Å²) in [6.45, 7) is 0. The number of rotatable bonds is 5. The van der Waals surface area contributed by atoms with Crippen LogP contribution in [0.5, 0.6) is 17.2 Å². The molecule has 3 aromatic carbocycles. The molecule has 5 nitrogen and oxygen atoms in total. The number of carbonyl (C=O) groups excluding carboxylic acids is 2. The second kappa shape index (κ2) is 8.38. The third kappa shape index (κ3) is 4.65. The van der Waals surface area contributed by atoms with Crippen LogP contribution < -0.4 is 14.2 Å². The molecular weight excluding hydrogens is 368 g/mol. The zero-order valence-corrected chi connectivity index (χ0v) is 15.1. The largest absolute Gasteiger partial charge is 0.497 e. The number of hydrogen-bond donors (Lipinski definition) is 0. The standard InChI is InChI=1S/C21H15ClO5/c1-25-15-10-12-17(13-11-15)27-21(24)19-5-3-2-4-18(19)20(23)26-16-8-6-14(22)7-9-16/h2-13H,1H3. The molecule has 6 heteroatoms. The van der Waals surface area contributed by atoms with Crippen LogP contribution in [0.1, 0.15) is 20.7 Å². The molecule has 0 bridgehead atoms. The van der Waals surface area contributed by atoms with Crippen molar-refractivity contribution < 1.29 is 23.8 Å². The summed E-state index contributed by atoms with van der Waals surface area (Å²) in [5.41, 5.74) is 0.207. The van der Waals surface area contributed by atoms with Crippen molar-refractivity contribution in [1.82, 2.24) is 0 Å². The normalized spacial score (nSPS) is 10.1. The SMILES string of the molecule is COc1ccc(OC(=O)c2ccccc2C(=O)Oc2ccc(Cl)cc2)cc1. The quantitative estimate of drug-likeness (QED) is 0.469. The van der Waals surface area contributed by atoms with Crippen molar-refractivity contribution in [3.05, 3.63) is 88.9 Å². The van der Waals surface area contributed by atoms with Crippen molar-refractivity contribution in [3.8, 4) is 17.2 Å². The number of ether oxygens (including phenoxy) is 3. The molecule has 0 aliphatic rings. The molecule has 0 saturated carbocycles. The predicted octanol–water partition coefficient (Wildman–Crippen LogP) is 4.79. The minimum absolute atomic E-state index is 0.103. The highest BCUT2D eigenvalue weighted by atomic mass is 35.5. The van der Waals surface area contributed by atoms with Crippen LogP contribution >= 0.6 is 11.6 Å². The fourth-order valence-corrected chi connectivity index (χ4v) is 2.44. The van der Waals surface area contributed by atoms with Crippen molar-refractivity contribution in [2.45, 2.75) is 0 Å². The minimum atomic E-state index is -0.667. The summed E-state index contributed by atoms with van der Waals surface area (Å²) in [6.07, 6.45) is 0. The Bertz CT molecular complexity index is 949. The van der Waals surface area contributed by atoms with Gasteiger partial charge >= 0.3 is 11.9 Å².